The lowest BCUT2D eigenvalue weighted by Crippen LogP contribution is -2.35. The molecule has 5 heteroatoms. The van der Waals surface area contributed by atoms with Crippen molar-refractivity contribution < 1.29 is 24.5 Å². The standard InChI is InChI=1S/C30H44O2.C7H12O.C5H12O.C4H6O.C4H10/c1-7-22(5)23-9-11-24(12-10-23)29-19-30(6,18-17-28(29)21(3)4)25-13-15-27(16-14-25)32-20-26(31)8-2;1-4-6(3)7(8)5-2;1-3-5(6)4-2;1-3-4(2)5;1-3-4-2/h9-16,21-22,26,28-29,31H,7-8,17-20H2,1-6H3;5-6H,2,4H2,1,3H3;5-6H,3-4H2,1-2H3;3H,1H2,2H3;3-4H2,1-2H3. The van der Waals surface area contributed by atoms with Gasteiger partial charge in [0.2, 0.25) is 0 Å². The summed E-state index contributed by atoms with van der Waals surface area (Å²) in [6.45, 7) is 34.4. The minimum absolute atomic E-state index is 0.0185. The molecule has 314 valence electrons. The van der Waals surface area contributed by atoms with Crippen LogP contribution in [0.15, 0.2) is 73.8 Å². The van der Waals surface area contributed by atoms with E-state index in [0.29, 0.717) is 30.8 Å². The number of allylic oxidation sites excluding steroid dienone is 2. The summed E-state index contributed by atoms with van der Waals surface area (Å²) >= 11 is 0. The van der Waals surface area contributed by atoms with E-state index in [1.807, 2.05) is 34.6 Å². The minimum atomic E-state index is -0.397. The molecule has 2 N–H and O–H groups in total. The van der Waals surface area contributed by atoms with Crippen molar-refractivity contribution in [3.63, 3.8) is 0 Å². The van der Waals surface area contributed by atoms with E-state index in [4.69, 9.17) is 9.84 Å². The number of ketones is 2. The molecule has 6 unspecified atom stereocenters. The lowest BCUT2D eigenvalue weighted by Gasteiger charge is -2.45. The van der Waals surface area contributed by atoms with Crippen molar-refractivity contribution in [2.75, 3.05) is 6.61 Å². The molecule has 0 saturated heterocycles. The molecular weight excluding hydrogens is 681 g/mol. The zero-order valence-electron chi connectivity index (χ0n) is 37.6. The lowest BCUT2D eigenvalue weighted by atomic mass is 9.59. The first-order valence-corrected chi connectivity index (χ1v) is 21.5. The highest BCUT2D eigenvalue weighted by Gasteiger charge is 2.40. The van der Waals surface area contributed by atoms with E-state index in [2.05, 4.69) is 110 Å². The smallest absolute Gasteiger partial charge is 0.157 e. The monoisotopic (exact) mass is 765 g/mol. The molecule has 55 heavy (non-hydrogen) atoms. The molecule has 0 radical (unpaired) electrons. The molecule has 0 spiro atoms. The van der Waals surface area contributed by atoms with Crippen molar-refractivity contribution in [1.82, 2.24) is 0 Å². The maximum atomic E-state index is 10.6. The third-order valence-electron chi connectivity index (χ3n) is 11.1. The highest BCUT2D eigenvalue weighted by atomic mass is 16.5. The van der Waals surface area contributed by atoms with Gasteiger partial charge in [-0.2, -0.15) is 0 Å². The van der Waals surface area contributed by atoms with Gasteiger partial charge in [-0.1, -0.05) is 145 Å². The lowest BCUT2D eigenvalue weighted by molar-refractivity contribution is -0.117. The molecule has 3 rings (SSSR count). The van der Waals surface area contributed by atoms with Gasteiger partial charge in [0.05, 0.1) is 12.2 Å². The SMILES string of the molecule is C=CC(=O)C(C)CC.C=CC(C)=O.CCC(O)CC.CCC(O)COc1ccc(C2(C)CCC(C(C)C)C(c3ccc(C(C)CC)cc3)C2)cc1.CCCC. The quantitative estimate of drug-likeness (QED) is 0.166. The van der Waals surface area contributed by atoms with Crippen LogP contribution in [0.5, 0.6) is 5.75 Å². The van der Waals surface area contributed by atoms with Crippen LogP contribution in [0, 0.1) is 17.8 Å². The first-order chi connectivity index (χ1) is 26.0. The Bertz CT molecular complexity index is 1270. The molecule has 0 bridgehead atoms. The summed E-state index contributed by atoms with van der Waals surface area (Å²) in [5.74, 6) is 3.81. The molecule has 5 nitrogen and oxygen atoms in total. The fraction of sp³-hybridized carbons (Fsp3) is 0.640. The minimum Gasteiger partial charge on any atom is -0.491 e. The Kier molecular flexibility index (Phi) is 30.6. The molecule has 1 saturated carbocycles. The maximum Gasteiger partial charge on any atom is 0.157 e. The maximum absolute atomic E-state index is 10.6. The predicted molar refractivity (Wildman–Crippen MR) is 238 cm³/mol. The topological polar surface area (TPSA) is 83.8 Å². The number of ether oxygens (including phenoxy) is 1. The van der Waals surface area contributed by atoms with Gasteiger partial charge in [-0.25, -0.2) is 0 Å². The zero-order chi connectivity index (χ0) is 42.6. The van der Waals surface area contributed by atoms with Crippen LogP contribution in [-0.2, 0) is 15.0 Å². The summed E-state index contributed by atoms with van der Waals surface area (Å²) in [5, 5.41) is 18.4. The van der Waals surface area contributed by atoms with Crippen molar-refractivity contribution in [3.8, 4) is 5.75 Å². The van der Waals surface area contributed by atoms with Crippen LogP contribution in [0.1, 0.15) is 183 Å². The Hall–Kier alpha value is -3.02. The van der Waals surface area contributed by atoms with E-state index in [1.54, 1.807) is 0 Å². The Morgan fingerprint density at radius 3 is 1.64 bits per heavy atom. The number of carbonyl (C=O) groups is 2. The van der Waals surface area contributed by atoms with Gasteiger partial charge in [0.25, 0.3) is 0 Å². The van der Waals surface area contributed by atoms with Crippen molar-refractivity contribution in [2.24, 2.45) is 17.8 Å². The molecular formula is C50H84O5. The molecule has 0 amide bonds. The third kappa shape index (κ3) is 22.3. The molecule has 0 aliphatic heterocycles. The summed E-state index contributed by atoms with van der Waals surface area (Å²) in [6, 6.07) is 18.2. The predicted octanol–water partition coefficient (Wildman–Crippen LogP) is 13.4. The fourth-order valence-electron chi connectivity index (χ4n) is 6.11. The molecule has 6 atom stereocenters. The zero-order valence-corrected chi connectivity index (χ0v) is 37.6. The number of hydrogen-bond acceptors (Lipinski definition) is 5. The van der Waals surface area contributed by atoms with Gasteiger partial charge < -0.3 is 14.9 Å². The molecule has 2 aromatic carbocycles. The molecule has 1 aliphatic carbocycles. The normalized spacial score (nSPS) is 18.9. The highest BCUT2D eigenvalue weighted by Crippen LogP contribution is 2.51. The van der Waals surface area contributed by atoms with E-state index in [0.717, 1.165) is 30.9 Å². The van der Waals surface area contributed by atoms with Crippen LogP contribution >= 0.6 is 0 Å². The van der Waals surface area contributed by atoms with Crippen LogP contribution < -0.4 is 4.74 Å². The van der Waals surface area contributed by atoms with E-state index in [-0.39, 0.29) is 29.0 Å². The van der Waals surface area contributed by atoms with Crippen LogP contribution in [0.3, 0.4) is 0 Å². The number of aliphatic hydroxyl groups is 2. The van der Waals surface area contributed by atoms with Gasteiger partial charge in [-0.05, 0) is 128 Å². The fourth-order valence-corrected chi connectivity index (χ4v) is 6.11. The van der Waals surface area contributed by atoms with Crippen molar-refractivity contribution in [2.45, 2.75) is 184 Å². The van der Waals surface area contributed by atoms with Gasteiger partial charge in [0.1, 0.15) is 12.4 Å². The molecule has 1 aliphatic rings. The summed E-state index contributed by atoms with van der Waals surface area (Å²) in [5.41, 5.74) is 4.55. The number of carbonyl (C=O) groups excluding carboxylic acids is 2. The summed E-state index contributed by atoms with van der Waals surface area (Å²) in [4.78, 5) is 20.3. The van der Waals surface area contributed by atoms with Gasteiger partial charge in [-0.15, -0.1) is 0 Å². The molecule has 0 heterocycles. The molecule has 0 aromatic heterocycles. The van der Waals surface area contributed by atoms with Gasteiger partial charge >= 0.3 is 0 Å². The second kappa shape index (κ2) is 31.1. The Balaban J connectivity index is 0. The van der Waals surface area contributed by atoms with Gasteiger partial charge in [0.15, 0.2) is 11.6 Å². The first kappa shape index (κ1) is 54.1. The van der Waals surface area contributed by atoms with Crippen LogP contribution in [-0.4, -0.2) is 40.6 Å². The summed E-state index contributed by atoms with van der Waals surface area (Å²) < 4.78 is 5.76. The summed E-state index contributed by atoms with van der Waals surface area (Å²) in [6.07, 6.45) is 13.1. The van der Waals surface area contributed by atoms with E-state index in [9.17, 15) is 14.7 Å². The van der Waals surface area contributed by atoms with E-state index < -0.39 is 6.10 Å². The Labute approximate surface area is 339 Å². The van der Waals surface area contributed by atoms with Crippen molar-refractivity contribution in [1.29, 1.82) is 0 Å². The molecule has 1 fully saturated rings. The second-order valence-electron chi connectivity index (χ2n) is 15.9. The van der Waals surface area contributed by atoms with Crippen LogP contribution in [0.4, 0.5) is 0 Å². The number of rotatable bonds is 16. The second-order valence-corrected chi connectivity index (χ2v) is 15.9. The summed E-state index contributed by atoms with van der Waals surface area (Å²) in [7, 11) is 0. The average Bonchev–Trinajstić information content (AvgIpc) is 3.22. The van der Waals surface area contributed by atoms with Gasteiger partial charge in [-0.3, -0.25) is 9.59 Å². The number of aliphatic hydroxyl groups excluding tert-OH is 2. The highest BCUT2D eigenvalue weighted by molar-refractivity contribution is 5.90. The van der Waals surface area contributed by atoms with Crippen LogP contribution in [0.25, 0.3) is 0 Å². The third-order valence-corrected chi connectivity index (χ3v) is 11.1. The average molecular weight is 765 g/mol. The number of hydrogen-bond donors (Lipinski definition) is 2. The van der Waals surface area contributed by atoms with Crippen molar-refractivity contribution >= 4 is 11.6 Å². The number of unbranched alkanes of at least 4 members (excludes halogenated alkanes) is 1. The van der Waals surface area contributed by atoms with Crippen LogP contribution in [0.2, 0.25) is 0 Å². The molecule has 2 aromatic rings. The van der Waals surface area contributed by atoms with Gasteiger partial charge in [0, 0.05) is 5.92 Å². The van der Waals surface area contributed by atoms with E-state index >= 15 is 0 Å². The van der Waals surface area contributed by atoms with Crippen molar-refractivity contribution in [3.05, 3.63) is 90.5 Å². The Morgan fingerprint density at radius 2 is 1.29 bits per heavy atom. The van der Waals surface area contributed by atoms with E-state index in [1.165, 1.54) is 74.3 Å². The number of benzene rings is 2. The Morgan fingerprint density at radius 1 is 0.782 bits per heavy atom. The first-order valence-electron chi connectivity index (χ1n) is 21.5. The largest absolute Gasteiger partial charge is 0.491 e.